The number of carbonyl (C=O) groups excluding carboxylic acids is 1. The van der Waals surface area contributed by atoms with Crippen molar-refractivity contribution < 1.29 is 13.2 Å². The Morgan fingerprint density at radius 3 is 2.56 bits per heavy atom. The highest BCUT2D eigenvalue weighted by molar-refractivity contribution is 8.00. The second-order valence-corrected chi connectivity index (χ2v) is 11.1. The Hall–Kier alpha value is -0.700. The third kappa shape index (κ3) is 5.43. The number of sulfonamides is 1. The van der Waals surface area contributed by atoms with Crippen molar-refractivity contribution in [3.63, 3.8) is 0 Å². The molecule has 1 N–H and O–H groups in total. The molecule has 0 radical (unpaired) electrons. The minimum absolute atomic E-state index is 0.0642. The number of amides is 1. The van der Waals surface area contributed by atoms with Crippen LogP contribution in [0.2, 0.25) is 0 Å². The van der Waals surface area contributed by atoms with Crippen LogP contribution < -0.4 is 4.72 Å². The maximum Gasteiger partial charge on any atom is 0.255 e. The minimum atomic E-state index is -3.60. The van der Waals surface area contributed by atoms with E-state index in [2.05, 4.69) is 4.72 Å². The number of hydrogen-bond acceptors (Lipinski definition) is 5. The van der Waals surface area contributed by atoms with Gasteiger partial charge in [-0.05, 0) is 50.1 Å². The van der Waals surface area contributed by atoms with E-state index in [4.69, 9.17) is 0 Å². The highest BCUT2D eigenvalue weighted by Crippen LogP contribution is 2.29. The molecular formula is C19H28N2O3S3. The molecule has 150 valence electrons. The molecule has 2 fully saturated rings. The highest BCUT2D eigenvalue weighted by Gasteiger charge is 2.24. The van der Waals surface area contributed by atoms with E-state index >= 15 is 0 Å². The Kier molecular flexibility index (Phi) is 7.53. The van der Waals surface area contributed by atoms with Gasteiger partial charge in [-0.3, -0.25) is 4.79 Å². The predicted octanol–water partition coefficient (Wildman–Crippen LogP) is 3.60. The van der Waals surface area contributed by atoms with Gasteiger partial charge < -0.3 is 4.90 Å². The normalized spacial score (nSPS) is 18.3. The molecule has 0 unspecified atom stereocenters. The first-order valence-electron chi connectivity index (χ1n) is 9.60. The van der Waals surface area contributed by atoms with Crippen molar-refractivity contribution in [3.05, 3.63) is 23.8 Å². The van der Waals surface area contributed by atoms with Gasteiger partial charge in [0.1, 0.15) is 0 Å². The quantitative estimate of drug-likeness (QED) is 0.506. The molecule has 3 rings (SSSR count). The molecule has 0 spiro atoms. The molecule has 1 aliphatic carbocycles. The molecule has 1 heterocycles. The van der Waals surface area contributed by atoms with Crippen LogP contribution in [0.5, 0.6) is 0 Å². The highest BCUT2D eigenvalue weighted by atomic mass is 32.2. The lowest BCUT2D eigenvalue weighted by Gasteiger charge is -2.18. The smallest absolute Gasteiger partial charge is 0.255 e. The molecule has 1 aromatic carbocycles. The predicted molar refractivity (Wildman–Crippen MR) is 113 cm³/mol. The second-order valence-electron chi connectivity index (χ2n) is 7.04. The average Bonchev–Trinajstić information content (AvgIpc) is 3.38. The molecule has 0 aromatic heterocycles. The lowest BCUT2D eigenvalue weighted by molar-refractivity contribution is 0.0789. The first kappa shape index (κ1) is 21.0. The molecule has 1 aliphatic heterocycles. The number of benzene rings is 1. The van der Waals surface area contributed by atoms with E-state index in [1.807, 2.05) is 22.9 Å². The van der Waals surface area contributed by atoms with E-state index in [-0.39, 0.29) is 10.8 Å². The zero-order chi connectivity index (χ0) is 19.3. The van der Waals surface area contributed by atoms with Crippen molar-refractivity contribution >= 4 is 39.5 Å². The number of thioether (sulfide) groups is 2. The van der Waals surface area contributed by atoms with Crippen LogP contribution in [0.25, 0.3) is 0 Å². The van der Waals surface area contributed by atoms with Gasteiger partial charge in [-0.15, -0.1) is 11.8 Å². The lowest BCUT2D eigenvalue weighted by Crippen LogP contribution is -2.29. The fourth-order valence-electron chi connectivity index (χ4n) is 3.65. The summed E-state index contributed by atoms with van der Waals surface area (Å²) in [4.78, 5) is 15.6. The Bertz CT molecular complexity index is 755. The van der Waals surface area contributed by atoms with Crippen molar-refractivity contribution in [1.29, 1.82) is 0 Å². The molecule has 27 heavy (non-hydrogen) atoms. The fraction of sp³-hybridized carbons (Fsp3) is 0.632. The minimum Gasteiger partial charge on any atom is -0.339 e. The zero-order valence-electron chi connectivity index (χ0n) is 15.8. The Morgan fingerprint density at radius 2 is 1.89 bits per heavy atom. The van der Waals surface area contributed by atoms with Crippen LogP contribution in [0.3, 0.4) is 0 Å². The number of nitrogens with one attached hydrogen (secondary N) is 1. The molecule has 1 saturated carbocycles. The van der Waals surface area contributed by atoms with Crippen molar-refractivity contribution in [2.45, 2.75) is 53.6 Å². The number of carbonyl (C=O) groups is 1. The zero-order valence-corrected chi connectivity index (χ0v) is 18.2. The van der Waals surface area contributed by atoms with Gasteiger partial charge in [-0.1, -0.05) is 12.8 Å². The van der Waals surface area contributed by atoms with Gasteiger partial charge in [0.05, 0.1) is 10.5 Å². The third-order valence-corrected chi connectivity index (χ3v) is 8.79. The van der Waals surface area contributed by atoms with E-state index in [0.717, 1.165) is 36.6 Å². The summed E-state index contributed by atoms with van der Waals surface area (Å²) in [5.41, 5.74) is 0.493. The summed E-state index contributed by atoms with van der Waals surface area (Å²) in [6.45, 7) is 1.92. The van der Waals surface area contributed by atoms with Gasteiger partial charge in [-0.2, -0.15) is 11.8 Å². The van der Waals surface area contributed by atoms with Crippen LogP contribution in [0, 0.1) is 0 Å². The summed E-state index contributed by atoms with van der Waals surface area (Å²) in [6, 6.07) is 4.88. The molecule has 1 saturated heterocycles. The van der Waals surface area contributed by atoms with Gasteiger partial charge in [0, 0.05) is 35.5 Å². The van der Waals surface area contributed by atoms with Gasteiger partial charge in [0.2, 0.25) is 10.0 Å². The second kappa shape index (κ2) is 9.67. The summed E-state index contributed by atoms with van der Waals surface area (Å²) in [5, 5.41) is 0.681. The molecule has 1 amide bonds. The van der Waals surface area contributed by atoms with Crippen LogP contribution >= 0.6 is 23.5 Å². The van der Waals surface area contributed by atoms with Crippen molar-refractivity contribution in [2.24, 2.45) is 0 Å². The van der Waals surface area contributed by atoms with Crippen molar-refractivity contribution in [2.75, 3.05) is 31.6 Å². The Balaban J connectivity index is 1.66. The van der Waals surface area contributed by atoms with E-state index in [9.17, 15) is 13.2 Å². The molecule has 0 bridgehead atoms. The maximum absolute atomic E-state index is 12.8. The topological polar surface area (TPSA) is 66.5 Å². The largest absolute Gasteiger partial charge is 0.339 e. The average molecular weight is 429 g/mol. The summed E-state index contributed by atoms with van der Waals surface area (Å²) in [7, 11) is -3.60. The maximum atomic E-state index is 12.8. The number of nitrogens with zero attached hydrogens (tertiary/aromatic N) is 1. The SMILES string of the molecule is CSc1ccc(S(=O)(=O)NCCSC2CCCC2)cc1C(=O)N1CCCC1. The molecule has 1 aromatic rings. The molecule has 0 atom stereocenters. The van der Waals surface area contributed by atoms with Gasteiger partial charge in [-0.25, -0.2) is 13.1 Å². The first-order chi connectivity index (χ1) is 13.0. The van der Waals surface area contributed by atoms with Crippen LogP contribution in [-0.2, 0) is 10.0 Å². The number of likely N-dealkylation sites (tertiary alicyclic amines) is 1. The summed E-state index contributed by atoms with van der Waals surface area (Å²) in [6.07, 6.45) is 9.00. The third-order valence-electron chi connectivity index (χ3n) is 5.15. The summed E-state index contributed by atoms with van der Waals surface area (Å²) >= 11 is 3.33. The van der Waals surface area contributed by atoms with E-state index in [1.54, 1.807) is 18.2 Å². The van der Waals surface area contributed by atoms with Gasteiger partial charge >= 0.3 is 0 Å². The molecule has 2 aliphatic rings. The van der Waals surface area contributed by atoms with E-state index in [1.165, 1.54) is 37.4 Å². The molecule has 5 nitrogen and oxygen atoms in total. The summed E-state index contributed by atoms with van der Waals surface area (Å²) < 4.78 is 28.0. The molecule has 8 heteroatoms. The monoisotopic (exact) mass is 428 g/mol. The Morgan fingerprint density at radius 1 is 1.19 bits per heavy atom. The van der Waals surface area contributed by atoms with Gasteiger partial charge in [0.15, 0.2) is 0 Å². The first-order valence-corrected chi connectivity index (χ1v) is 13.4. The fourth-order valence-corrected chi connectivity index (χ4v) is 6.63. The van der Waals surface area contributed by atoms with Crippen LogP contribution in [-0.4, -0.2) is 56.1 Å². The Labute approximate surface area is 171 Å². The van der Waals surface area contributed by atoms with Crippen LogP contribution in [0.1, 0.15) is 48.9 Å². The van der Waals surface area contributed by atoms with Crippen LogP contribution in [0.15, 0.2) is 28.0 Å². The number of hydrogen-bond donors (Lipinski definition) is 1. The van der Waals surface area contributed by atoms with Crippen molar-refractivity contribution in [3.8, 4) is 0 Å². The molecular weight excluding hydrogens is 400 g/mol. The van der Waals surface area contributed by atoms with Crippen molar-refractivity contribution in [1.82, 2.24) is 9.62 Å². The lowest BCUT2D eigenvalue weighted by atomic mass is 10.2. The standard InChI is InChI=1S/C19H28N2O3S3/c1-25-18-9-8-16(14-17(18)19(22)21-11-4-5-12-21)27(23,24)20-10-13-26-15-6-2-3-7-15/h8-9,14-15,20H,2-7,10-13H2,1H3. The van der Waals surface area contributed by atoms with Crippen LogP contribution in [0.4, 0.5) is 0 Å². The van der Waals surface area contributed by atoms with Gasteiger partial charge in [0.25, 0.3) is 5.91 Å². The number of rotatable bonds is 8. The van der Waals surface area contributed by atoms with E-state index in [0.29, 0.717) is 17.4 Å². The van der Waals surface area contributed by atoms with E-state index < -0.39 is 10.0 Å². The summed E-state index contributed by atoms with van der Waals surface area (Å²) in [5.74, 6) is 0.720.